The molecule has 6 nitrogen and oxygen atoms in total. The zero-order valence-electron chi connectivity index (χ0n) is 12.2. The van der Waals surface area contributed by atoms with E-state index in [0.29, 0.717) is 5.56 Å². The summed E-state index contributed by atoms with van der Waals surface area (Å²) in [6.45, 7) is 1.62. The van der Waals surface area contributed by atoms with Gasteiger partial charge in [0.05, 0.1) is 5.92 Å². The number of fused-ring (bicyclic) bond motifs is 3. The van der Waals surface area contributed by atoms with Crippen LogP contribution in [0.15, 0.2) is 47.4 Å². The molecular formula is C16H14O6S. The van der Waals surface area contributed by atoms with Gasteiger partial charge in [0.1, 0.15) is 11.5 Å². The van der Waals surface area contributed by atoms with Crippen molar-refractivity contribution in [1.82, 2.24) is 0 Å². The Morgan fingerprint density at radius 1 is 1.22 bits per heavy atom. The van der Waals surface area contributed by atoms with Gasteiger partial charge in [0.15, 0.2) is 11.5 Å². The van der Waals surface area contributed by atoms with Crippen molar-refractivity contribution in [2.75, 3.05) is 0 Å². The first-order chi connectivity index (χ1) is 10.9. The third kappa shape index (κ3) is 2.87. The fraction of sp³-hybridized carbons (Fsp3) is 0.188. The van der Waals surface area contributed by atoms with Crippen molar-refractivity contribution in [2.24, 2.45) is 0 Å². The van der Waals surface area contributed by atoms with E-state index in [9.17, 15) is 18.3 Å². The van der Waals surface area contributed by atoms with Crippen molar-refractivity contribution in [3.8, 4) is 11.5 Å². The Bertz CT molecular complexity index is 872. The summed E-state index contributed by atoms with van der Waals surface area (Å²) >= 11 is 0. The van der Waals surface area contributed by atoms with Gasteiger partial charge in [0, 0.05) is 5.56 Å². The van der Waals surface area contributed by atoms with Crippen LogP contribution in [0, 0.1) is 0 Å². The average molecular weight is 334 g/mol. The lowest BCUT2D eigenvalue weighted by Crippen LogP contribution is -2.14. The minimum Gasteiger partial charge on any atom is -0.485 e. The maximum absolute atomic E-state index is 12.5. The summed E-state index contributed by atoms with van der Waals surface area (Å²) in [5.41, 5.74) is 0.924. The average Bonchev–Trinajstić information content (AvgIpc) is 2.55. The molecule has 1 N–H and O–H groups in total. The van der Waals surface area contributed by atoms with Crippen LogP contribution in [0.3, 0.4) is 0 Å². The highest BCUT2D eigenvalue weighted by Gasteiger charge is 2.27. The molecule has 1 heterocycles. The predicted molar refractivity (Wildman–Crippen MR) is 81.1 cm³/mol. The van der Waals surface area contributed by atoms with Crippen LogP contribution in [0.4, 0.5) is 0 Å². The molecule has 23 heavy (non-hydrogen) atoms. The Labute approximate surface area is 133 Å². The molecular weight excluding hydrogens is 320 g/mol. The minimum atomic E-state index is -4.07. The van der Waals surface area contributed by atoms with Crippen LogP contribution in [-0.4, -0.2) is 19.5 Å². The predicted octanol–water partition coefficient (Wildman–Crippen LogP) is 2.53. The first-order valence-corrected chi connectivity index (χ1v) is 8.31. The number of benzene rings is 2. The van der Waals surface area contributed by atoms with Gasteiger partial charge < -0.3 is 14.0 Å². The molecule has 0 aromatic heterocycles. The highest BCUT2D eigenvalue weighted by Crippen LogP contribution is 2.39. The minimum absolute atomic E-state index is 0.00392. The monoisotopic (exact) mass is 334 g/mol. The Morgan fingerprint density at radius 2 is 1.96 bits per heavy atom. The summed E-state index contributed by atoms with van der Waals surface area (Å²) in [5.74, 6) is -1.90. The van der Waals surface area contributed by atoms with E-state index in [-0.39, 0.29) is 28.6 Å². The smallest absolute Gasteiger partial charge is 0.339 e. The molecule has 2 bridgehead atoms. The molecule has 0 amide bonds. The number of aliphatic carboxylic acids is 1. The van der Waals surface area contributed by atoms with E-state index in [2.05, 4.69) is 0 Å². The summed E-state index contributed by atoms with van der Waals surface area (Å²) in [6, 6.07) is 10.9. The second-order valence-electron chi connectivity index (χ2n) is 5.21. The van der Waals surface area contributed by atoms with Crippen molar-refractivity contribution >= 4 is 16.1 Å². The summed E-state index contributed by atoms with van der Waals surface area (Å²) in [7, 11) is -4.07. The van der Waals surface area contributed by atoms with E-state index >= 15 is 0 Å². The van der Waals surface area contributed by atoms with Crippen molar-refractivity contribution in [3.63, 3.8) is 0 Å². The van der Waals surface area contributed by atoms with Gasteiger partial charge in [0.2, 0.25) is 0 Å². The summed E-state index contributed by atoms with van der Waals surface area (Å²) in [6.07, 6.45) is 0. The number of ether oxygens (including phenoxy) is 1. The van der Waals surface area contributed by atoms with Gasteiger partial charge in [0.25, 0.3) is 0 Å². The van der Waals surface area contributed by atoms with E-state index in [1.807, 2.05) is 0 Å². The topological polar surface area (TPSA) is 89.9 Å². The fourth-order valence-corrected chi connectivity index (χ4v) is 3.35. The van der Waals surface area contributed by atoms with Crippen LogP contribution in [0.5, 0.6) is 11.5 Å². The Hall–Kier alpha value is -2.54. The van der Waals surface area contributed by atoms with Crippen LogP contribution in [0.2, 0.25) is 0 Å². The third-order valence-electron chi connectivity index (χ3n) is 3.62. The lowest BCUT2D eigenvalue weighted by molar-refractivity contribution is -0.138. The van der Waals surface area contributed by atoms with E-state index in [1.165, 1.54) is 25.1 Å². The van der Waals surface area contributed by atoms with Gasteiger partial charge in [-0.25, -0.2) is 0 Å². The van der Waals surface area contributed by atoms with Crippen LogP contribution >= 0.6 is 0 Å². The van der Waals surface area contributed by atoms with Crippen molar-refractivity contribution in [3.05, 3.63) is 53.6 Å². The molecule has 0 saturated heterocycles. The maximum Gasteiger partial charge on any atom is 0.339 e. The second-order valence-corrected chi connectivity index (χ2v) is 6.75. The standard InChI is InChI=1S/C16H14O6S/c1-10(16(17)18)13-6-3-7-14-15(13)22-23(19,20)12-5-2-4-11(8-12)9-21-14/h2-8,10H,9H2,1H3,(H,17,18). The van der Waals surface area contributed by atoms with E-state index in [1.54, 1.807) is 24.3 Å². The van der Waals surface area contributed by atoms with Crippen molar-refractivity contribution in [2.45, 2.75) is 24.3 Å². The Kier molecular flexibility index (Phi) is 3.73. The molecule has 0 fully saturated rings. The number of hydrogen-bond donors (Lipinski definition) is 1. The molecule has 3 rings (SSSR count). The molecule has 1 unspecified atom stereocenters. The normalized spacial score (nSPS) is 16.6. The number of carbonyl (C=O) groups is 1. The van der Waals surface area contributed by atoms with Gasteiger partial charge in [-0.15, -0.1) is 0 Å². The summed E-state index contributed by atoms with van der Waals surface area (Å²) in [5, 5.41) is 9.22. The second kappa shape index (κ2) is 5.58. The van der Waals surface area contributed by atoms with Gasteiger partial charge in [-0.2, -0.15) is 8.42 Å². The van der Waals surface area contributed by atoms with Crippen LogP contribution in [0.25, 0.3) is 0 Å². The fourth-order valence-electron chi connectivity index (χ4n) is 2.32. The molecule has 0 aliphatic carbocycles. The van der Waals surface area contributed by atoms with E-state index in [4.69, 9.17) is 8.92 Å². The largest absolute Gasteiger partial charge is 0.485 e. The van der Waals surface area contributed by atoms with Gasteiger partial charge >= 0.3 is 16.1 Å². The van der Waals surface area contributed by atoms with Crippen LogP contribution in [-0.2, 0) is 21.5 Å². The molecule has 2 aromatic rings. The van der Waals surface area contributed by atoms with E-state index < -0.39 is 22.0 Å². The molecule has 0 spiro atoms. The van der Waals surface area contributed by atoms with Gasteiger partial charge in [-0.3, -0.25) is 4.79 Å². The molecule has 0 saturated carbocycles. The number of rotatable bonds is 2. The molecule has 7 heteroatoms. The van der Waals surface area contributed by atoms with Crippen molar-refractivity contribution < 1.29 is 27.2 Å². The molecule has 0 radical (unpaired) electrons. The first-order valence-electron chi connectivity index (χ1n) is 6.90. The highest BCUT2D eigenvalue weighted by molar-refractivity contribution is 7.87. The number of carboxylic acids is 1. The lowest BCUT2D eigenvalue weighted by atomic mass is 10.00. The number of para-hydroxylation sites is 1. The number of carboxylic acid groups (broad SMARTS) is 1. The SMILES string of the molecule is CC(C(=O)O)c1cccc2c1OS(=O)(=O)c1cccc(c1)CO2. The zero-order chi connectivity index (χ0) is 16.6. The van der Waals surface area contributed by atoms with Gasteiger partial charge in [-0.1, -0.05) is 24.3 Å². The highest BCUT2D eigenvalue weighted by atomic mass is 32.2. The third-order valence-corrected chi connectivity index (χ3v) is 4.84. The quantitative estimate of drug-likeness (QED) is 0.849. The van der Waals surface area contributed by atoms with E-state index in [0.717, 1.165) is 0 Å². The zero-order valence-corrected chi connectivity index (χ0v) is 13.0. The number of hydrogen-bond acceptors (Lipinski definition) is 5. The molecule has 120 valence electrons. The summed E-state index contributed by atoms with van der Waals surface area (Å²) < 4.78 is 35.8. The van der Waals surface area contributed by atoms with Crippen molar-refractivity contribution in [1.29, 1.82) is 0 Å². The summed E-state index contributed by atoms with van der Waals surface area (Å²) in [4.78, 5) is 11.3. The Balaban J connectivity index is 2.19. The molecule has 2 aromatic carbocycles. The Morgan fingerprint density at radius 3 is 2.70 bits per heavy atom. The molecule has 1 atom stereocenters. The van der Waals surface area contributed by atoms with Crippen LogP contribution < -0.4 is 8.92 Å². The molecule has 1 aliphatic heterocycles. The molecule has 1 aliphatic rings. The lowest BCUT2D eigenvalue weighted by Gasteiger charge is -2.16. The first kappa shape index (κ1) is 15.4. The van der Waals surface area contributed by atoms with Crippen LogP contribution in [0.1, 0.15) is 24.0 Å². The maximum atomic E-state index is 12.5. The van der Waals surface area contributed by atoms with Gasteiger partial charge in [-0.05, 0) is 30.7 Å².